The summed E-state index contributed by atoms with van der Waals surface area (Å²) < 4.78 is 5.54. The van der Waals surface area contributed by atoms with Crippen LogP contribution >= 0.6 is 0 Å². The normalized spacial score (nSPS) is 22.2. The summed E-state index contributed by atoms with van der Waals surface area (Å²) in [5.41, 5.74) is 1.59. The van der Waals surface area contributed by atoms with Crippen LogP contribution in [-0.2, 0) is 5.41 Å². The van der Waals surface area contributed by atoms with Crippen LogP contribution in [0.25, 0.3) is 0 Å². The summed E-state index contributed by atoms with van der Waals surface area (Å²) >= 11 is 0. The molecular weight excluding hydrogens is 164 g/mol. The van der Waals surface area contributed by atoms with E-state index in [0.29, 0.717) is 11.2 Å². The summed E-state index contributed by atoms with van der Waals surface area (Å²) in [4.78, 5) is 0. The molecule has 2 nitrogen and oxygen atoms in total. The van der Waals surface area contributed by atoms with Crippen molar-refractivity contribution >= 4 is 0 Å². The van der Waals surface area contributed by atoms with Crippen LogP contribution in [0.15, 0.2) is 18.2 Å². The summed E-state index contributed by atoms with van der Waals surface area (Å²) in [5.74, 6) is 1.33. The Morgan fingerprint density at radius 3 is 2.85 bits per heavy atom. The molecule has 1 heterocycles. The minimum atomic E-state index is 0.357. The van der Waals surface area contributed by atoms with Crippen LogP contribution in [-0.4, -0.2) is 11.7 Å². The number of rotatable bonds is 0. The minimum absolute atomic E-state index is 0.357. The predicted octanol–water partition coefficient (Wildman–Crippen LogP) is 2.21. The van der Waals surface area contributed by atoms with E-state index in [-0.39, 0.29) is 0 Å². The standard InChI is InChI=1S/C11H12O2/c12-8-1-2-10-9(7-8)11(3-4-11)5-6-13-10/h1-2,7,12H,3-6H2. The van der Waals surface area contributed by atoms with Gasteiger partial charge in [0.15, 0.2) is 0 Å². The van der Waals surface area contributed by atoms with Crippen LogP contribution in [0.3, 0.4) is 0 Å². The maximum Gasteiger partial charge on any atom is 0.123 e. The van der Waals surface area contributed by atoms with Crippen LogP contribution in [0.5, 0.6) is 11.5 Å². The molecule has 1 aromatic rings. The molecule has 2 heteroatoms. The quantitative estimate of drug-likeness (QED) is 0.656. The third-order valence-electron chi connectivity index (χ3n) is 3.23. The Labute approximate surface area is 77.2 Å². The van der Waals surface area contributed by atoms with Gasteiger partial charge in [-0.2, -0.15) is 0 Å². The lowest BCUT2D eigenvalue weighted by atomic mass is 9.90. The molecule has 0 radical (unpaired) electrons. The number of ether oxygens (including phenoxy) is 1. The first-order valence-electron chi connectivity index (χ1n) is 4.77. The van der Waals surface area contributed by atoms with Gasteiger partial charge in [0.2, 0.25) is 0 Å². The number of benzene rings is 1. The van der Waals surface area contributed by atoms with Crippen LogP contribution in [0.1, 0.15) is 24.8 Å². The smallest absolute Gasteiger partial charge is 0.123 e. The summed E-state index contributed by atoms with van der Waals surface area (Å²) in [6, 6.07) is 5.44. The highest BCUT2D eigenvalue weighted by atomic mass is 16.5. The van der Waals surface area contributed by atoms with E-state index in [0.717, 1.165) is 18.8 Å². The summed E-state index contributed by atoms with van der Waals surface area (Å²) in [6.07, 6.45) is 3.63. The number of hydrogen-bond donors (Lipinski definition) is 1. The number of hydrogen-bond acceptors (Lipinski definition) is 2. The van der Waals surface area contributed by atoms with Crippen molar-refractivity contribution in [2.24, 2.45) is 0 Å². The topological polar surface area (TPSA) is 29.5 Å². The van der Waals surface area contributed by atoms with Gasteiger partial charge in [-0.25, -0.2) is 0 Å². The highest BCUT2D eigenvalue weighted by Crippen LogP contribution is 2.56. The van der Waals surface area contributed by atoms with Gasteiger partial charge in [-0.3, -0.25) is 0 Å². The molecule has 1 aliphatic heterocycles. The first kappa shape index (κ1) is 7.25. The molecule has 68 valence electrons. The lowest BCUT2D eigenvalue weighted by Gasteiger charge is -2.25. The van der Waals surface area contributed by atoms with Gasteiger partial charge in [0.25, 0.3) is 0 Å². The minimum Gasteiger partial charge on any atom is -0.508 e. The second-order valence-electron chi connectivity index (χ2n) is 4.06. The SMILES string of the molecule is Oc1ccc2c(c1)C1(CCO2)CC1. The molecule has 1 N–H and O–H groups in total. The van der Waals surface area contributed by atoms with Gasteiger partial charge in [0.1, 0.15) is 11.5 Å². The number of fused-ring (bicyclic) bond motifs is 2. The first-order valence-corrected chi connectivity index (χ1v) is 4.77. The maximum atomic E-state index is 9.39. The van der Waals surface area contributed by atoms with Crippen molar-refractivity contribution in [3.8, 4) is 11.5 Å². The van der Waals surface area contributed by atoms with Crippen LogP contribution in [0, 0.1) is 0 Å². The van der Waals surface area contributed by atoms with Crippen LogP contribution < -0.4 is 4.74 Å². The Kier molecular flexibility index (Phi) is 1.22. The fourth-order valence-corrected chi connectivity index (χ4v) is 2.22. The largest absolute Gasteiger partial charge is 0.508 e. The number of aromatic hydroxyl groups is 1. The van der Waals surface area contributed by atoms with Crippen molar-refractivity contribution in [2.75, 3.05) is 6.61 Å². The average Bonchev–Trinajstić information content (AvgIpc) is 2.88. The maximum absolute atomic E-state index is 9.39. The second-order valence-corrected chi connectivity index (χ2v) is 4.06. The summed E-state index contributed by atoms with van der Waals surface area (Å²) in [6.45, 7) is 0.831. The molecule has 0 aromatic heterocycles. The zero-order valence-electron chi connectivity index (χ0n) is 7.42. The third kappa shape index (κ3) is 0.947. The van der Waals surface area contributed by atoms with Crippen molar-refractivity contribution in [1.29, 1.82) is 0 Å². The molecule has 13 heavy (non-hydrogen) atoms. The van der Waals surface area contributed by atoms with Crippen molar-refractivity contribution < 1.29 is 9.84 Å². The Hall–Kier alpha value is -1.18. The molecule has 1 spiro atoms. The second kappa shape index (κ2) is 2.19. The molecule has 1 aromatic carbocycles. The molecule has 0 amide bonds. The van der Waals surface area contributed by atoms with Crippen molar-refractivity contribution in [3.05, 3.63) is 23.8 Å². The van der Waals surface area contributed by atoms with Gasteiger partial charge in [-0.1, -0.05) is 0 Å². The van der Waals surface area contributed by atoms with E-state index in [4.69, 9.17) is 4.74 Å². The highest BCUT2D eigenvalue weighted by Gasteiger charge is 2.47. The van der Waals surface area contributed by atoms with Gasteiger partial charge in [0, 0.05) is 11.0 Å². The molecule has 0 atom stereocenters. The first-order chi connectivity index (χ1) is 6.30. The van der Waals surface area contributed by atoms with Gasteiger partial charge in [-0.05, 0) is 37.5 Å². The lowest BCUT2D eigenvalue weighted by molar-refractivity contribution is 0.259. The zero-order chi connectivity index (χ0) is 8.89. The van der Waals surface area contributed by atoms with E-state index in [9.17, 15) is 5.11 Å². The fourth-order valence-electron chi connectivity index (χ4n) is 2.22. The van der Waals surface area contributed by atoms with E-state index in [1.807, 2.05) is 12.1 Å². The van der Waals surface area contributed by atoms with Gasteiger partial charge in [0.05, 0.1) is 6.61 Å². The third-order valence-corrected chi connectivity index (χ3v) is 3.23. The van der Waals surface area contributed by atoms with Crippen LogP contribution in [0.2, 0.25) is 0 Å². The van der Waals surface area contributed by atoms with E-state index < -0.39 is 0 Å². The molecule has 3 rings (SSSR count). The van der Waals surface area contributed by atoms with Crippen molar-refractivity contribution in [2.45, 2.75) is 24.7 Å². The summed E-state index contributed by atoms with van der Waals surface area (Å²) in [5, 5.41) is 9.39. The average molecular weight is 176 g/mol. The van der Waals surface area contributed by atoms with Gasteiger partial charge < -0.3 is 9.84 Å². The molecule has 2 aliphatic rings. The fraction of sp³-hybridized carbons (Fsp3) is 0.455. The number of phenolic OH excluding ortho intramolecular Hbond substituents is 1. The molecule has 1 aliphatic carbocycles. The van der Waals surface area contributed by atoms with Crippen molar-refractivity contribution in [3.63, 3.8) is 0 Å². The number of phenols is 1. The van der Waals surface area contributed by atoms with Crippen molar-refractivity contribution in [1.82, 2.24) is 0 Å². The van der Waals surface area contributed by atoms with E-state index in [1.54, 1.807) is 6.07 Å². The predicted molar refractivity (Wildman–Crippen MR) is 49.1 cm³/mol. The van der Waals surface area contributed by atoms with Gasteiger partial charge >= 0.3 is 0 Å². The molecule has 1 fully saturated rings. The molecule has 1 saturated carbocycles. The molecule has 0 bridgehead atoms. The van der Waals surface area contributed by atoms with Crippen LogP contribution in [0.4, 0.5) is 0 Å². The van der Waals surface area contributed by atoms with E-state index in [1.165, 1.54) is 18.4 Å². The molecule has 0 unspecified atom stereocenters. The Bertz CT molecular complexity index is 353. The highest BCUT2D eigenvalue weighted by molar-refractivity contribution is 5.48. The Balaban J connectivity index is 2.16. The van der Waals surface area contributed by atoms with E-state index in [2.05, 4.69) is 0 Å². The lowest BCUT2D eigenvalue weighted by Crippen LogP contribution is -2.19. The summed E-state index contributed by atoms with van der Waals surface area (Å²) in [7, 11) is 0. The zero-order valence-corrected chi connectivity index (χ0v) is 7.42. The Morgan fingerprint density at radius 2 is 2.08 bits per heavy atom. The van der Waals surface area contributed by atoms with E-state index >= 15 is 0 Å². The molecule has 0 saturated heterocycles. The van der Waals surface area contributed by atoms with Gasteiger partial charge in [-0.15, -0.1) is 0 Å². The Morgan fingerprint density at radius 1 is 1.23 bits per heavy atom. The molecular formula is C11H12O2. The monoisotopic (exact) mass is 176 g/mol.